The largest absolute Gasteiger partial charge is 0.402 e. The molecule has 7 heteroatoms. The predicted octanol–water partition coefficient (Wildman–Crippen LogP) is -0.0274. The van der Waals surface area contributed by atoms with E-state index in [-0.39, 0.29) is 5.82 Å². The van der Waals surface area contributed by atoms with Crippen molar-refractivity contribution in [2.24, 2.45) is 17.2 Å². The molecule has 0 aromatic carbocycles. The van der Waals surface area contributed by atoms with Crippen LogP contribution in [0, 0.1) is 0 Å². The third kappa shape index (κ3) is 30.2. The SMILES string of the molecule is C1CCCC1.NC=C(N)N.O=[PH](O)O. The first kappa shape index (κ1) is 15.7. The molecule has 0 saturated heterocycles. The molecule has 0 spiro atoms. The normalized spacial score (nSPS) is 13.4. The van der Waals surface area contributed by atoms with Gasteiger partial charge in [0, 0.05) is 6.20 Å². The fourth-order valence-corrected chi connectivity index (χ4v) is 0.884. The van der Waals surface area contributed by atoms with Gasteiger partial charge in [0.15, 0.2) is 0 Å². The summed E-state index contributed by atoms with van der Waals surface area (Å²) in [5.41, 5.74) is 14.4. The second-order valence-corrected chi connectivity index (χ2v) is 3.28. The average molecular weight is 225 g/mol. The molecule has 1 saturated carbocycles. The summed E-state index contributed by atoms with van der Waals surface area (Å²) in [6.45, 7) is 0. The van der Waals surface area contributed by atoms with E-state index in [1.54, 1.807) is 0 Å². The lowest BCUT2D eigenvalue weighted by Crippen LogP contribution is -2.09. The molecule has 0 bridgehead atoms. The van der Waals surface area contributed by atoms with E-state index in [1.807, 2.05) is 0 Å². The average Bonchev–Trinajstić information content (AvgIpc) is 2.59. The Hall–Kier alpha value is -0.710. The van der Waals surface area contributed by atoms with Crippen molar-refractivity contribution in [3.8, 4) is 0 Å². The van der Waals surface area contributed by atoms with Crippen molar-refractivity contribution in [2.45, 2.75) is 32.1 Å². The van der Waals surface area contributed by atoms with Gasteiger partial charge in [-0.25, -0.2) is 0 Å². The summed E-state index contributed by atoms with van der Waals surface area (Å²) in [5.74, 6) is 0.157. The maximum Gasteiger partial charge on any atom is 0.314 e. The van der Waals surface area contributed by atoms with Gasteiger partial charge in [0.2, 0.25) is 0 Å². The highest BCUT2D eigenvalue weighted by Gasteiger charge is 1.95. The smallest absolute Gasteiger partial charge is 0.314 e. The van der Waals surface area contributed by atoms with Crippen molar-refractivity contribution in [3.63, 3.8) is 0 Å². The molecule has 0 amide bonds. The van der Waals surface area contributed by atoms with Crippen molar-refractivity contribution in [3.05, 3.63) is 12.0 Å². The minimum Gasteiger partial charge on any atom is -0.402 e. The topological polar surface area (TPSA) is 136 Å². The van der Waals surface area contributed by atoms with Crippen LogP contribution < -0.4 is 17.2 Å². The molecular formula is C7H20N3O3P. The van der Waals surface area contributed by atoms with Crippen LogP contribution in [0.2, 0.25) is 0 Å². The number of rotatable bonds is 0. The summed E-state index contributed by atoms with van der Waals surface area (Å²) < 4.78 is 8.74. The second-order valence-electron chi connectivity index (χ2n) is 2.72. The molecule has 1 rings (SSSR count). The quantitative estimate of drug-likeness (QED) is 0.367. The second kappa shape index (κ2) is 12.3. The molecule has 0 atom stereocenters. The zero-order valence-corrected chi connectivity index (χ0v) is 9.15. The Balaban J connectivity index is 0. The monoisotopic (exact) mass is 225 g/mol. The lowest BCUT2D eigenvalue weighted by molar-refractivity contribution is 0.405. The van der Waals surface area contributed by atoms with Gasteiger partial charge in [-0.05, 0) is 0 Å². The maximum atomic E-state index is 8.74. The highest BCUT2D eigenvalue weighted by Crippen LogP contribution is 2.15. The molecule has 6 nitrogen and oxygen atoms in total. The first-order valence-electron chi connectivity index (χ1n) is 4.35. The van der Waals surface area contributed by atoms with Crippen LogP contribution in [0.25, 0.3) is 0 Å². The number of nitrogens with two attached hydrogens (primary N) is 3. The van der Waals surface area contributed by atoms with Crippen LogP contribution in [-0.4, -0.2) is 9.79 Å². The van der Waals surface area contributed by atoms with Crippen molar-refractivity contribution in [1.82, 2.24) is 0 Å². The number of hydrogen-bond acceptors (Lipinski definition) is 4. The van der Waals surface area contributed by atoms with E-state index in [9.17, 15) is 0 Å². The third-order valence-electron chi connectivity index (χ3n) is 1.44. The van der Waals surface area contributed by atoms with Gasteiger partial charge in [-0.1, -0.05) is 32.1 Å². The molecule has 86 valence electrons. The maximum absolute atomic E-state index is 8.74. The van der Waals surface area contributed by atoms with Crippen molar-refractivity contribution < 1.29 is 14.4 Å². The van der Waals surface area contributed by atoms with Gasteiger partial charge in [0.1, 0.15) is 5.82 Å². The van der Waals surface area contributed by atoms with Gasteiger partial charge in [0.05, 0.1) is 0 Å². The van der Waals surface area contributed by atoms with E-state index in [0.29, 0.717) is 0 Å². The Morgan fingerprint density at radius 2 is 1.21 bits per heavy atom. The first-order valence-corrected chi connectivity index (χ1v) is 5.65. The molecule has 1 aliphatic carbocycles. The van der Waals surface area contributed by atoms with Crippen LogP contribution in [0.3, 0.4) is 0 Å². The molecule has 8 N–H and O–H groups in total. The summed E-state index contributed by atoms with van der Waals surface area (Å²) in [7, 11) is -3.13. The molecular weight excluding hydrogens is 205 g/mol. The summed E-state index contributed by atoms with van der Waals surface area (Å²) in [6.07, 6.45) is 8.64. The Morgan fingerprint density at radius 3 is 1.29 bits per heavy atom. The van der Waals surface area contributed by atoms with Crippen LogP contribution in [0.1, 0.15) is 32.1 Å². The predicted molar refractivity (Wildman–Crippen MR) is 57.2 cm³/mol. The van der Waals surface area contributed by atoms with E-state index in [0.717, 1.165) is 6.20 Å². The van der Waals surface area contributed by atoms with Crippen LogP contribution >= 0.6 is 8.25 Å². The fraction of sp³-hybridized carbons (Fsp3) is 0.714. The lowest BCUT2D eigenvalue weighted by atomic mass is 10.4. The van der Waals surface area contributed by atoms with E-state index >= 15 is 0 Å². The molecule has 0 unspecified atom stereocenters. The summed E-state index contributed by atoms with van der Waals surface area (Å²) in [5, 5.41) is 0. The lowest BCUT2D eigenvalue weighted by Gasteiger charge is -1.78. The van der Waals surface area contributed by atoms with Crippen LogP contribution in [0.4, 0.5) is 0 Å². The Labute approximate surface area is 84.7 Å². The Kier molecular flexibility index (Phi) is 13.8. The zero-order chi connectivity index (χ0) is 11.4. The zero-order valence-electron chi connectivity index (χ0n) is 8.15. The van der Waals surface area contributed by atoms with Gasteiger partial charge in [0.25, 0.3) is 0 Å². The molecule has 0 aromatic heterocycles. The molecule has 14 heavy (non-hydrogen) atoms. The highest BCUT2D eigenvalue weighted by molar-refractivity contribution is 7.30. The number of hydrogen-bond donors (Lipinski definition) is 5. The summed E-state index contributed by atoms with van der Waals surface area (Å²) in [4.78, 5) is 14.3. The Bertz CT molecular complexity index is 156. The molecule has 0 aliphatic heterocycles. The standard InChI is InChI=1S/C5H10.C2H7N3.H3O3P/c1-2-4-5-3-1;3-1-2(4)5;1-4(2)3/h1-5H2;1H,3-5H2;4H,(H2,1,2,3). The molecule has 1 fully saturated rings. The van der Waals surface area contributed by atoms with Crippen LogP contribution in [-0.2, 0) is 4.57 Å². The van der Waals surface area contributed by atoms with E-state index in [1.165, 1.54) is 32.1 Å². The molecule has 0 radical (unpaired) electrons. The van der Waals surface area contributed by atoms with E-state index in [2.05, 4.69) is 0 Å². The van der Waals surface area contributed by atoms with Gasteiger partial charge < -0.3 is 27.0 Å². The molecule has 1 aliphatic rings. The minimum atomic E-state index is -3.13. The van der Waals surface area contributed by atoms with E-state index in [4.69, 9.17) is 31.6 Å². The fourth-order valence-electron chi connectivity index (χ4n) is 0.884. The van der Waals surface area contributed by atoms with Gasteiger partial charge in [-0.2, -0.15) is 0 Å². The Morgan fingerprint density at radius 1 is 1.07 bits per heavy atom. The van der Waals surface area contributed by atoms with Crippen LogP contribution in [0.15, 0.2) is 12.0 Å². The van der Waals surface area contributed by atoms with Crippen LogP contribution in [0.5, 0.6) is 0 Å². The van der Waals surface area contributed by atoms with Crippen molar-refractivity contribution >= 4 is 8.25 Å². The molecule has 0 heterocycles. The van der Waals surface area contributed by atoms with Gasteiger partial charge in [-0.3, -0.25) is 4.57 Å². The summed E-state index contributed by atoms with van der Waals surface area (Å²) in [6, 6.07) is 0. The minimum absolute atomic E-state index is 0.157. The van der Waals surface area contributed by atoms with E-state index < -0.39 is 8.25 Å². The highest BCUT2D eigenvalue weighted by atomic mass is 31.1. The van der Waals surface area contributed by atoms with Gasteiger partial charge >= 0.3 is 8.25 Å². The van der Waals surface area contributed by atoms with Gasteiger partial charge in [-0.15, -0.1) is 0 Å². The third-order valence-corrected chi connectivity index (χ3v) is 1.44. The van der Waals surface area contributed by atoms with Crippen molar-refractivity contribution in [2.75, 3.05) is 0 Å². The van der Waals surface area contributed by atoms with Crippen molar-refractivity contribution in [1.29, 1.82) is 0 Å². The molecule has 0 aromatic rings. The summed E-state index contributed by atoms with van der Waals surface area (Å²) >= 11 is 0. The first-order chi connectivity index (χ1) is 6.50.